The van der Waals surface area contributed by atoms with Crippen molar-refractivity contribution < 1.29 is 0 Å². The van der Waals surface area contributed by atoms with Gasteiger partial charge in [0.05, 0.1) is 11.0 Å². The number of benzene rings is 7. The zero-order chi connectivity index (χ0) is 32.5. The summed E-state index contributed by atoms with van der Waals surface area (Å²) in [5, 5.41) is 8.13. The lowest BCUT2D eigenvalue weighted by molar-refractivity contribution is 1.08. The first-order valence-corrected chi connectivity index (χ1v) is 18.0. The maximum absolute atomic E-state index is 2.72. The van der Waals surface area contributed by atoms with E-state index in [-0.39, 0.29) is 13.4 Å². The summed E-state index contributed by atoms with van der Waals surface area (Å²) >= 11 is 0. The predicted octanol–water partition coefficient (Wildman–Crippen LogP) is 6.19. The quantitative estimate of drug-likeness (QED) is 0.178. The van der Waals surface area contributed by atoms with Crippen LogP contribution in [-0.2, 0) is 0 Å². The molecule has 4 aliphatic rings. The van der Waals surface area contributed by atoms with Gasteiger partial charge in [0.15, 0.2) is 0 Å². The molecule has 0 saturated heterocycles. The van der Waals surface area contributed by atoms with Crippen molar-refractivity contribution in [3.8, 4) is 17.1 Å². The first kappa shape index (κ1) is 25.1. The van der Waals surface area contributed by atoms with Crippen LogP contribution in [0.2, 0.25) is 0 Å². The van der Waals surface area contributed by atoms with Gasteiger partial charge in [-0.15, -0.1) is 0 Å². The Labute approximate surface area is 288 Å². The van der Waals surface area contributed by atoms with E-state index < -0.39 is 0 Å². The first-order chi connectivity index (χ1) is 24.6. The number of fused-ring (bicyclic) bond motifs is 13. The van der Waals surface area contributed by atoms with Crippen molar-refractivity contribution in [1.82, 2.24) is 13.7 Å². The van der Waals surface area contributed by atoms with Crippen LogP contribution in [0.5, 0.6) is 0 Å². The van der Waals surface area contributed by atoms with Crippen molar-refractivity contribution >= 4 is 112 Å². The van der Waals surface area contributed by atoms with Gasteiger partial charge in [0.25, 0.3) is 13.4 Å². The van der Waals surface area contributed by atoms with E-state index in [9.17, 15) is 0 Å². The summed E-state index contributed by atoms with van der Waals surface area (Å²) in [6, 6.07) is 42.1. The van der Waals surface area contributed by atoms with Crippen LogP contribution >= 0.6 is 0 Å². The average Bonchev–Trinajstić information content (AvgIpc) is 3.79. The Bertz CT molecular complexity index is 3150. The number of aryl methyl sites for hydroxylation is 2. The van der Waals surface area contributed by atoms with Crippen molar-refractivity contribution in [3.05, 3.63) is 126 Å². The summed E-state index contributed by atoms with van der Waals surface area (Å²) in [5.41, 5.74) is 25.0. The van der Waals surface area contributed by atoms with E-state index in [4.69, 9.17) is 0 Å². The van der Waals surface area contributed by atoms with Crippen molar-refractivity contribution in [2.24, 2.45) is 0 Å². The molecule has 5 heteroatoms. The second-order valence-corrected chi connectivity index (χ2v) is 15.3. The summed E-state index contributed by atoms with van der Waals surface area (Å²) in [6.45, 7) is 7.32. The van der Waals surface area contributed by atoms with Crippen LogP contribution in [0.15, 0.2) is 109 Å². The Morgan fingerprint density at radius 3 is 1.00 bits per heavy atom. The fourth-order valence-electron chi connectivity index (χ4n) is 11.6. The minimum atomic E-state index is 0.146. The maximum Gasteiger partial charge on any atom is 0.252 e. The zero-order valence-electron chi connectivity index (χ0n) is 27.9. The fraction of sp³-hybridized carbons (Fsp3) is 0.0667. The predicted molar refractivity (Wildman–Crippen MR) is 213 cm³/mol. The number of aromatic nitrogens is 3. The van der Waals surface area contributed by atoms with Gasteiger partial charge in [-0.3, -0.25) is 0 Å². The Balaban J connectivity index is 1.35. The molecule has 0 saturated carbocycles. The molecule has 14 rings (SSSR count). The highest BCUT2D eigenvalue weighted by Gasteiger charge is 2.49. The van der Waals surface area contributed by atoms with Crippen molar-refractivity contribution in [2.45, 2.75) is 20.8 Å². The Hall–Kier alpha value is -5.93. The normalized spacial score (nSPS) is 14.2. The summed E-state index contributed by atoms with van der Waals surface area (Å²) in [7, 11) is 0. The molecule has 7 heterocycles. The van der Waals surface area contributed by atoms with Crippen LogP contribution < -0.4 is 32.8 Å². The number of hydrogen-bond donors (Lipinski definition) is 0. The van der Waals surface area contributed by atoms with Crippen LogP contribution in [0.4, 0.5) is 0 Å². The van der Waals surface area contributed by atoms with Gasteiger partial charge in [-0.05, 0) is 70.2 Å². The van der Waals surface area contributed by atoms with Gasteiger partial charge in [-0.2, -0.15) is 0 Å². The molecule has 0 amide bonds. The monoisotopic (exact) mass is 631 g/mol. The van der Waals surface area contributed by atoms with Crippen LogP contribution in [-0.4, -0.2) is 27.1 Å². The second-order valence-electron chi connectivity index (χ2n) is 15.3. The van der Waals surface area contributed by atoms with Gasteiger partial charge < -0.3 is 13.7 Å². The van der Waals surface area contributed by atoms with Gasteiger partial charge in [0.2, 0.25) is 0 Å². The third-order valence-electron chi connectivity index (χ3n) is 13.2. The standard InChI is InChI=1S/C45H27B2N3/c1-22-10-4-12-25-27-14-6-18-31-41(27)48(37(22)25)39-24(3)40-36-45-35(39)46(31)33-20-8-16-29-30-17-9-21-34(44(30)50(45)43(29)33)47(36)32-19-7-15-28-26-13-5-11-23(2)38(26)49(40)42(28)32/h4-21H,1-3H3. The van der Waals surface area contributed by atoms with Gasteiger partial charge in [0.1, 0.15) is 0 Å². The van der Waals surface area contributed by atoms with E-state index >= 15 is 0 Å². The van der Waals surface area contributed by atoms with E-state index in [1.807, 2.05) is 0 Å². The molecule has 0 spiro atoms. The molecule has 3 aromatic heterocycles. The van der Waals surface area contributed by atoms with E-state index in [1.165, 1.54) is 132 Å². The Morgan fingerprint density at radius 2 is 0.640 bits per heavy atom. The molecule has 0 atom stereocenters. The number of para-hydroxylation sites is 6. The van der Waals surface area contributed by atoms with Crippen molar-refractivity contribution in [3.63, 3.8) is 0 Å². The zero-order valence-corrected chi connectivity index (χ0v) is 27.9. The topological polar surface area (TPSA) is 14.8 Å². The van der Waals surface area contributed by atoms with Gasteiger partial charge >= 0.3 is 0 Å². The highest BCUT2D eigenvalue weighted by atomic mass is 15.1. The third kappa shape index (κ3) is 2.34. The minimum Gasteiger partial charge on any atom is -0.311 e. The lowest BCUT2D eigenvalue weighted by Crippen LogP contribution is -2.66. The van der Waals surface area contributed by atoms with Crippen molar-refractivity contribution in [2.75, 3.05) is 0 Å². The molecule has 0 radical (unpaired) electrons. The van der Waals surface area contributed by atoms with Crippen LogP contribution in [0, 0.1) is 20.8 Å². The number of rotatable bonds is 0. The molecule has 10 aromatic rings. The van der Waals surface area contributed by atoms with Gasteiger partial charge in [0, 0.05) is 71.4 Å². The molecule has 4 aliphatic heterocycles. The fourth-order valence-corrected chi connectivity index (χ4v) is 11.6. The SMILES string of the molecule is Cc1c2c3c4c5c1-n1c6c(C)cccc6c6cccc(c61)B5c1cccc5c6cccc(c6n-4c15)B3c1cccc3c4cccc(C)c4n-2c13. The minimum absolute atomic E-state index is 0.146. The molecule has 0 N–H and O–H groups in total. The van der Waals surface area contributed by atoms with Crippen molar-refractivity contribution in [1.29, 1.82) is 0 Å². The molecule has 228 valence electrons. The molecule has 0 aliphatic carbocycles. The molecule has 50 heavy (non-hydrogen) atoms. The summed E-state index contributed by atoms with van der Waals surface area (Å²) < 4.78 is 8.09. The molecule has 0 fully saturated rings. The van der Waals surface area contributed by atoms with E-state index in [2.05, 4.69) is 144 Å². The van der Waals surface area contributed by atoms with E-state index in [0.29, 0.717) is 0 Å². The van der Waals surface area contributed by atoms with Gasteiger partial charge in [-0.25, -0.2) is 0 Å². The van der Waals surface area contributed by atoms with Gasteiger partial charge in [-0.1, -0.05) is 109 Å². The van der Waals surface area contributed by atoms with Crippen LogP contribution in [0.25, 0.3) is 82.5 Å². The van der Waals surface area contributed by atoms with Crippen LogP contribution in [0.1, 0.15) is 16.7 Å². The van der Waals surface area contributed by atoms with Crippen LogP contribution in [0.3, 0.4) is 0 Å². The summed E-state index contributed by atoms with van der Waals surface area (Å²) in [6.07, 6.45) is 0. The molecular formula is C45H27B2N3. The number of hydrogen-bond acceptors (Lipinski definition) is 0. The first-order valence-electron chi connectivity index (χ1n) is 18.0. The molecule has 3 nitrogen and oxygen atoms in total. The Kier molecular flexibility index (Phi) is 3.90. The molecule has 0 bridgehead atoms. The lowest BCUT2D eigenvalue weighted by Gasteiger charge is -2.42. The van der Waals surface area contributed by atoms with E-state index in [1.54, 1.807) is 0 Å². The maximum atomic E-state index is 2.72. The molecular weight excluding hydrogens is 604 g/mol. The number of nitrogens with zero attached hydrogens (tertiary/aromatic N) is 3. The summed E-state index contributed by atoms with van der Waals surface area (Å²) in [4.78, 5) is 0. The Morgan fingerprint density at radius 1 is 0.340 bits per heavy atom. The largest absolute Gasteiger partial charge is 0.311 e. The third-order valence-corrected chi connectivity index (χ3v) is 13.2. The highest BCUT2D eigenvalue weighted by Crippen LogP contribution is 2.45. The molecule has 7 aromatic carbocycles. The van der Waals surface area contributed by atoms with E-state index in [0.717, 1.165) is 0 Å². The lowest BCUT2D eigenvalue weighted by atomic mass is 9.30. The molecule has 0 unspecified atom stereocenters. The average molecular weight is 631 g/mol. The smallest absolute Gasteiger partial charge is 0.252 e. The summed E-state index contributed by atoms with van der Waals surface area (Å²) in [5.74, 6) is 0. The second kappa shape index (κ2) is 7.77. The highest BCUT2D eigenvalue weighted by molar-refractivity contribution is 7.04.